The summed E-state index contributed by atoms with van der Waals surface area (Å²) in [5.41, 5.74) is 5.26. The SMILES string of the molecule is Cc1ccc(C)c(CNc2ccsc2)c1. The van der Waals surface area contributed by atoms with Crippen molar-refractivity contribution in [1.82, 2.24) is 0 Å². The Hall–Kier alpha value is -1.28. The summed E-state index contributed by atoms with van der Waals surface area (Å²) < 4.78 is 0. The van der Waals surface area contributed by atoms with Gasteiger partial charge in [0, 0.05) is 17.6 Å². The minimum absolute atomic E-state index is 0.907. The molecule has 0 spiro atoms. The first kappa shape index (κ1) is 10.2. The Morgan fingerprint density at radius 1 is 1.20 bits per heavy atom. The van der Waals surface area contributed by atoms with Crippen molar-refractivity contribution in [3.63, 3.8) is 0 Å². The van der Waals surface area contributed by atoms with E-state index in [0.717, 1.165) is 6.54 Å². The molecule has 0 saturated heterocycles. The van der Waals surface area contributed by atoms with E-state index in [9.17, 15) is 0 Å². The molecule has 0 aliphatic carbocycles. The summed E-state index contributed by atoms with van der Waals surface area (Å²) in [6.07, 6.45) is 0. The highest BCUT2D eigenvalue weighted by Crippen LogP contribution is 2.15. The molecule has 1 nitrogen and oxygen atoms in total. The third kappa shape index (κ3) is 2.60. The third-order valence-electron chi connectivity index (χ3n) is 2.51. The van der Waals surface area contributed by atoms with Crippen molar-refractivity contribution >= 4 is 17.0 Å². The molecule has 2 heteroatoms. The molecule has 2 aromatic rings. The van der Waals surface area contributed by atoms with Gasteiger partial charge in [-0.3, -0.25) is 0 Å². The number of thiophene rings is 1. The van der Waals surface area contributed by atoms with Gasteiger partial charge in [-0.05, 0) is 36.4 Å². The van der Waals surface area contributed by atoms with Crippen LogP contribution in [0.15, 0.2) is 35.0 Å². The molecule has 0 saturated carbocycles. The maximum absolute atomic E-state index is 3.42. The standard InChI is InChI=1S/C13H15NS/c1-10-3-4-11(2)12(7-10)8-14-13-5-6-15-9-13/h3-7,9,14H,8H2,1-2H3. The van der Waals surface area contributed by atoms with Gasteiger partial charge in [0.25, 0.3) is 0 Å². The highest BCUT2D eigenvalue weighted by molar-refractivity contribution is 7.08. The zero-order valence-corrected chi connectivity index (χ0v) is 9.90. The quantitative estimate of drug-likeness (QED) is 0.820. The average Bonchev–Trinajstić information content (AvgIpc) is 2.72. The Balaban J connectivity index is 2.07. The first-order valence-electron chi connectivity index (χ1n) is 5.08. The van der Waals surface area contributed by atoms with Crippen molar-refractivity contribution in [3.05, 3.63) is 51.7 Å². The zero-order valence-electron chi connectivity index (χ0n) is 9.08. The molecule has 0 bridgehead atoms. The first-order chi connectivity index (χ1) is 7.25. The van der Waals surface area contributed by atoms with Crippen molar-refractivity contribution in [2.24, 2.45) is 0 Å². The number of benzene rings is 1. The fraction of sp³-hybridized carbons (Fsp3) is 0.231. The van der Waals surface area contributed by atoms with Gasteiger partial charge >= 0.3 is 0 Å². The molecule has 0 aliphatic rings. The van der Waals surface area contributed by atoms with E-state index in [0.29, 0.717) is 0 Å². The lowest BCUT2D eigenvalue weighted by Gasteiger charge is -2.08. The Kier molecular flexibility index (Phi) is 3.07. The molecular formula is C13H15NS. The lowest BCUT2D eigenvalue weighted by Crippen LogP contribution is -2.00. The number of nitrogens with one attached hydrogen (secondary N) is 1. The molecule has 1 aromatic carbocycles. The molecule has 1 heterocycles. The third-order valence-corrected chi connectivity index (χ3v) is 3.19. The van der Waals surface area contributed by atoms with E-state index in [-0.39, 0.29) is 0 Å². The summed E-state index contributed by atoms with van der Waals surface area (Å²) >= 11 is 1.72. The van der Waals surface area contributed by atoms with Crippen LogP contribution in [-0.4, -0.2) is 0 Å². The van der Waals surface area contributed by atoms with Crippen LogP contribution >= 0.6 is 11.3 Å². The number of rotatable bonds is 3. The van der Waals surface area contributed by atoms with Gasteiger partial charge in [0.15, 0.2) is 0 Å². The van der Waals surface area contributed by atoms with Crippen molar-refractivity contribution in [1.29, 1.82) is 0 Å². The predicted molar refractivity (Wildman–Crippen MR) is 67.6 cm³/mol. The average molecular weight is 217 g/mol. The van der Waals surface area contributed by atoms with Crippen LogP contribution in [0.3, 0.4) is 0 Å². The van der Waals surface area contributed by atoms with Gasteiger partial charge in [-0.25, -0.2) is 0 Å². The van der Waals surface area contributed by atoms with Crippen LogP contribution in [0.2, 0.25) is 0 Å². The Labute approximate surface area is 94.8 Å². The van der Waals surface area contributed by atoms with Gasteiger partial charge in [0.2, 0.25) is 0 Å². The summed E-state index contributed by atoms with van der Waals surface area (Å²) in [6.45, 7) is 5.20. The van der Waals surface area contributed by atoms with Crippen LogP contribution in [-0.2, 0) is 6.54 Å². The molecule has 1 N–H and O–H groups in total. The zero-order chi connectivity index (χ0) is 10.7. The number of hydrogen-bond acceptors (Lipinski definition) is 2. The van der Waals surface area contributed by atoms with Crippen LogP contribution < -0.4 is 5.32 Å². The smallest absolute Gasteiger partial charge is 0.0451 e. The van der Waals surface area contributed by atoms with E-state index >= 15 is 0 Å². The molecular weight excluding hydrogens is 202 g/mol. The molecule has 0 unspecified atom stereocenters. The molecule has 0 aliphatic heterocycles. The van der Waals surface area contributed by atoms with Gasteiger partial charge in [-0.15, -0.1) is 0 Å². The van der Waals surface area contributed by atoms with Gasteiger partial charge in [-0.1, -0.05) is 23.8 Å². The van der Waals surface area contributed by atoms with E-state index in [1.165, 1.54) is 22.4 Å². The topological polar surface area (TPSA) is 12.0 Å². The largest absolute Gasteiger partial charge is 0.380 e. The molecule has 0 fully saturated rings. The molecule has 0 atom stereocenters. The van der Waals surface area contributed by atoms with Crippen LogP contribution in [0.25, 0.3) is 0 Å². The fourth-order valence-corrected chi connectivity index (χ4v) is 2.17. The molecule has 1 aromatic heterocycles. The van der Waals surface area contributed by atoms with E-state index in [1.54, 1.807) is 11.3 Å². The minimum Gasteiger partial charge on any atom is -0.380 e. The summed E-state index contributed by atoms with van der Waals surface area (Å²) in [7, 11) is 0. The van der Waals surface area contributed by atoms with Crippen molar-refractivity contribution < 1.29 is 0 Å². The van der Waals surface area contributed by atoms with Crippen LogP contribution in [0.4, 0.5) is 5.69 Å². The number of anilines is 1. The summed E-state index contributed by atoms with van der Waals surface area (Å²) in [5.74, 6) is 0. The maximum atomic E-state index is 3.42. The summed E-state index contributed by atoms with van der Waals surface area (Å²) in [4.78, 5) is 0. The van der Waals surface area contributed by atoms with Gasteiger partial charge in [0.1, 0.15) is 0 Å². The molecule has 2 rings (SSSR count). The minimum atomic E-state index is 0.907. The molecule has 0 radical (unpaired) electrons. The van der Waals surface area contributed by atoms with E-state index in [1.807, 2.05) is 0 Å². The Bertz CT molecular complexity index is 432. The highest BCUT2D eigenvalue weighted by atomic mass is 32.1. The fourth-order valence-electron chi connectivity index (χ4n) is 1.55. The second kappa shape index (κ2) is 4.49. The highest BCUT2D eigenvalue weighted by Gasteiger charge is 1.98. The normalized spacial score (nSPS) is 10.3. The van der Waals surface area contributed by atoms with Gasteiger partial charge in [0.05, 0.1) is 0 Å². The Morgan fingerprint density at radius 2 is 2.07 bits per heavy atom. The van der Waals surface area contributed by atoms with Crippen molar-refractivity contribution in [3.8, 4) is 0 Å². The van der Waals surface area contributed by atoms with E-state index in [2.05, 4.69) is 54.2 Å². The second-order valence-corrected chi connectivity index (χ2v) is 4.58. The van der Waals surface area contributed by atoms with E-state index < -0.39 is 0 Å². The van der Waals surface area contributed by atoms with Crippen LogP contribution in [0.1, 0.15) is 16.7 Å². The number of aryl methyl sites for hydroxylation is 2. The van der Waals surface area contributed by atoms with Crippen molar-refractivity contribution in [2.75, 3.05) is 5.32 Å². The lowest BCUT2D eigenvalue weighted by molar-refractivity contribution is 1.11. The van der Waals surface area contributed by atoms with Crippen molar-refractivity contribution in [2.45, 2.75) is 20.4 Å². The molecule has 15 heavy (non-hydrogen) atoms. The number of hydrogen-bond donors (Lipinski definition) is 1. The summed E-state index contributed by atoms with van der Waals surface area (Å²) in [6, 6.07) is 8.69. The molecule has 78 valence electrons. The van der Waals surface area contributed by atoms with Crippen LogP contribution in [0.5, 0.6) is 0 Å². The van der Waals surface area contributed by atoms with Gasteiger partial charge in [-0.2, -0.15) is 11.3 Å². The monoisotopic (exact) mass is 217 g/mol. The molecule has 0 amide bonds. The van der Waals surface area contributed by atoms with Crippen LogP contribution in [0, 0.1) is 13.8 Å². The Morgan fingerprint density at radius 3 is 2.80 bits per heavy atom. The van der Waals surface area contributed by atoms with Gasteiger partial charge < -0.3 is 5.32 Å². The first-order valence-corrected chi connectivity index (χ1v) is 6.02. The second-order valence-electron chi connectivity index (χ2n) is 3.80. The summed E-state index contributed by atoms with van der Waals surface area (Å²) in [5, 5.41) is 7.64. The maximum Gasteiger partial charge on any atom is 0.0451 e. The predicted octanol–water partition coefficient (Wildman–Crippen LogP) is 3.98. The van der Waals surface area contributed by atoms with E-state index in [4.69, 9.17) is 0 Å². The lowest BCUT2D eigenvalue weighted by atomic mass is 10.1.